The molecule has 1 fully saturated rings. The second kappa shape index (κ2) is 6.84. The predicted molar refractivity (Wildman–Crippen MR) is 107 cm³/mol. The molecule has 2 heterocycles. The zero-order valence-corrected chi connectivity index (χ0v) is 16.0. The molecular formula is C22H28N4. The standard InChI is InChI=1S/C22H28N4/c1-15-10-18(12-23-17-6-8-22(2,3)9-7-17)24-13-19(15)16-4-5-20-21(11-16)26-14-25-20/h4-5,10-11,13-14,17,23H,6-9,12H2,1-3H3,(H,25,26). The molecule has 1 saturated carbocycles. The lowest BCUT2D eigenvalue weighted by Crippen LogP contribution is -2.35. The van der Waals surface area contributed by atoms with Gasteiger partial charge in [-0.05, 0) is 67.3 Å². The van der Waals surface area contributed by atoms with Crippen LogP contribution in [0.2, 0.25) is 0 Å². The summed E-state index contributed by atoms with van der Waals surface area (Å²) in [6.07, 6.45) is 8.91. The van der Waals surface area contributed by atoms with Crippen LogP contribution < -0.4 is 5.32 Å². The van der Waals surface area contributed by atoms with Gasteiger partial charge in [-0.3, -0.25) is 4.98 Å². The number of aromatic amines is 1. The number of pyridine rings is 1. The Morgan fingerprint density at radius 2 is 1.96 bits per heavy atom. The number of rotatable bonds is 4. The summed E-state index contributed by atoms with van der Waals surface area (Å²) < 4.78 is 0. The zero-order valence-electron chi connectivity index (χ0n) is 16.0. The molecule has 0 saturated heterocycles. The Labute approximate surface area is 155 Å². The van der Waals surface area contributed by atoms with Crippen LogP contribution in [0.15, 0.2) is 36.8 Å². The van der Waals surface area contributed by atoms with Gasteiger partial charge in [0.25, 0.3) is 0 Å². The van der Waals surface area contributed by atoms with E-state index in [-0.39, 0.29) is 0 Å². The fourth-order valence-corrected chi connectivity index (χ4v) is 3.97. The van der Waals surface area contributed by atoms with Gasteiger partial charge >= 0.3 is 0 Å². The topological polar surface area (TPSA) is 53.6 Å². The van der Waals surface area contributed by atoms with E-state index in [0.717, 1.165) is 23.3 Å². The first kappa shape index (κ1) is 17.2. The molecule has 26 heavy (non-hydrogen) atoms. The number of fused-ring (bicyclic) bond motifs is 1. The molecule has 1 aliphatic rings. The number of aromatic nitrogens is 3. The van der Waals surface area contributed by atoms with Gasteiger partial charge in [-0.25, -0.2) is 4.98 Å². The molecule has 1 aliphatic carbocycles. The monoisotopic (exact) mass is 348 g/mol. The van der Waals surface area contributed by atoms with Crippen molar-refractivity contribution in [2.45, 2.75) is 59.0 Å². The van der Waals surface area contributed by atoms with E-state index in [1.54, 1.807) is 6.33 Å². The minimum absolute atomic E-state index is 0.518. The molecular weight excluding hydrogens is 320 g/mol. The minimum atomic E-state index is 0.518. The van der Waals surface area contributed by atoms with Crippen LogP contribution >= 0.6 is 0 Å². The van der Waals surface area contributed by atoms with E-state index in [2.05, 4.69) is 60.3 Å². The minimum Gasteiger partial charge on any atom is -0.345 e. The third-order valence-electron chi connectivity index (χ3n) is 5.81. The maximum atomic E-state index is 4.71. The molecule has 2 N–H and O–H groups in total. The van der Waals surface area contributed by atoms with Crippen molar-refractivity contribution in [1.82, 2.24) is 20.3 Å². The van der Waals surface area contributed by atoms with Crippen molar-refractivity contribution >= 4 is 11.0 Å². The molecule has 4 heteroatoms. The number of imidazole rings is 1. The van der Waals surface area contributed by atoms with Gasteiger partial charge in [0.15, 0.2) is 0 Å². The lowest BCUT2D eigenvalue weighted by atomic mass is 9.75. The van der Waals surface area contributed by atoms with E-state index in [4.69, 9.17) is 4.98 Å². The molecule has 4 nitrogen and oxygen atoms in total. The third-order valence-corrected chi connectivity index (χ3v) is 5.81. The van der Waals surface area contributed by atoms with Crippen LogP contribution in [-0.4, -0.2) is 21.0 Å². The zero-order chi connectivity index (χ0) is 18.1. The van der Waals surface area contributed by atoms with Crippen LogP contribution in [0.5, 0.6) is 0 Å². The number of nitrogens with zero attached hydrogens (tertiary/aromatic N) is 2. The first-order chi connectivity index (χ1) is 12.5. The summed E-state index contributed by atoms with van der Waals surface area (Å²) in [6.45, 7) is 7.79. The quantitative estimate of drug-likeness (QED) is 0.698. The Kier molecular flexibility index (Phi) is 4.53. The third kappa shape index (κ3) is 3.65. The van der Waals surface area contributed by atoms with Crippen LogP contribution in [0, 0.1) is 12.3 Å². The Balaban J connectivity index is 1.44. The smallest absolute Gasteiger partial charge is 0.0931 e. The Hall–Kier alpha value is -2.20. The fraction of sp³-hybridized carbons (Fsp3) is 0.455. The Bertz CT molecular complexity index is 899. The summed E-state index contributed by atoms with van der Waals surface area (Å²) in [5.41, 5.74) is 7.33. The number of hydrogen-bond acceptors (Lipinski definition) is 3. The molecule has 1 aromatic carbocycles. The molecule has 0 radical (unpaired) electrons. The molecule has 2 aromatic heterocycles. The highest BCUT2D eigenvalue weighted by molar-refractivity contribution is 5.82. The van der Waals surface area contributed by atoms with Gasteiger partial charge in [-0.2, -0.15) is 0 Å². The van der Waals surface area contributed by atoms with E-state index in [1.807, 2.05) is 6.20 Å². The number of hydrogen-bond donors (Lipinski definition) is 2. The largest absolute Gasteiger partial charge is 0.345 e. The van der Waals surface area contributed by atoms with Crippen LogP contribution in [-0.2, 0) is 6.54 Å². The first-order valence-corrected chi connectivity index (χ1v) is 9.63. The average molecular weight is 348 g/mol. The fourth-order valence-electron chi connectivity index (χ4n) is 3.97. The summed E-state index contributed by atoms with van der Waals surface area (Å²) in [4.78, 5) is 12.2. The second-order valence-electron chi connectivity index (χ2n) is 8.44. The lowest BCUT2D eigenvalue weighted by Gasteiger charge is -2.34. The molecule has 0 spiro atoms. The van der Waals surface area contributed by atoms with Gasteiger partial charge in [0.1, 0.15) is 0 Å². The van der Waals surface area contributed by atoms with Gasteiger partial charge in [0.2, 0.25) is 0 Å². The van der Waals surface area contributed by atoms with Crippen molar-refractivity contribution in [1.29, 1.82) is 0 Å². The number of H-pyrrole nitrogens is 1. The van der Waals surface area contributed by atoms with Crippen LogP contribution in [0.1, 0.15) is 50.8 Å². The number of benzene rings is 1. The van der Waals surface area contributed by atoms with Gasteiger partial charge in [0.05, 0.1) is 23.1 Å². The molecule has 4 rings (SSSR count). The van der Waals surface area contributed by atoms with Gasteiger partial charge in [-0.15, -0.1) is 0 Å². The van der Waals surface area contributed by atoms with Gasteiger partial charge < -0.3 is 10.3 Å². The summed E-state index contributed by atoms with van der Waals surface area (Å²) in [6, 6.07) is 9.17. The highest BCUT2D eigenvalue weighted by Crippen LogP contribution is 2.35. The summed E-state index contributed by atoms with van der Waals surface area (Å²) in [5.74, 6) is 0. The van der Waals surface area contributed by atoms with Crippen LogP contribution in [0.4, 0.5) is 0 Å². The maximum Gasteiger partial charge on any atom is 0.0931 e. The Morgan fingerprint density at radius 1 is 1.15 bits per heavy atom. The van der Waals surface area contributed by atoms with Crippen LogP contribution in [0.25, 0.3) is 22.2 Å². The molecule has 0 amide bonds. The molecule has 0 atom stereocenters. The Morgan fingerprint density at radius 3 is 2.73 bits per heavy atom. The molecule has 0 aliphatic heterocycles. The summed E-state index contributed by atoms with van der Waals surface area (Å²) in [5, 5.41) is 3.71. The lowest BCUT2D eigenvalue weighted by molar-refractivity contribution is 0.205. The SMILES string of the molecule is Cc1cc(CNC2CCC(C)(C)CC2)ncc1-c1ccc2nc[nH]c2c1. The van der Waals surface area contributed by atoms with E-state index < -0.39 is 0 Å². The average Bonchev–Trinajstić information content (AvgIpc) is 3.08. The van der Waals surface area contributed by atoms with Crippen molar-refractivity contribution in [3.05, 3.63) is 48.0 Å². The van der Waals surface area contributed by atoms with E-state index in [1.165, 1.54) is 42.4 Å². The molecule has 0 bridgehead atoms. The number of aryl methyl sites for hydroxylation is 1. The van der Waals surface area contributed by atoms with Crippen molar-refractivity contribution in [2.75, 3.05) is 0 Å². The second-order valence-corrected chi connectivity index (χ2v) is 8.44. The maximum absolute atomic E-state index is 4.71. The highest BCUT2D eigenvalue weighted by Gasteiger charge is 2.26. The first-order valence-electron chi connectivity index (χ1n) is 9.63. The van der Waals surface area contributed by atoms with Crippen molar-refractivity contribution in [3.8, 4) is 11.1 Å². The summed E-state index contributed by atoms with van der Waals surface area (Å²) in [7, 11) is 0. The van der Waals surface area contributed by atoms with Crippen molar-refractivity contribution in [3.63, 3.8) is 0 Å². The summed E-state index contributed by atoms with van der Waals surface area (Å²) >= 11 is 0. The van der Waals surface area contributed by atoms with E-state index in [9.17, 15) is 0 Å². The molecule has 3 aromatic rings. The van der Waals surface area contributed by atoms with Gasteiger partial charge in [0, 0.05) is 24.3 Å². The van der Waals surface area contributed by atoms with Crippen molar-refractivity contribution in [2.24, 2.45) is 5.41 Å². The predicted octanol–water partition coefficient (Wildman–Crippen LogP) is 4.99. The molecule has 0 unspecified atom stereocenters. The van der Waals surface area contributed by atoms with Crippen molar-refractivity contribution < 1.29 is 0 Å². The highest BCUT2D eigenvalue weighted by atomic mass is 14.9. The van der Waals surface area contributed by atoms with Gasteiger partial charge in [-0.1, -0.05) is 19.9 Å². The van der Waals surface area contributed by atoms with Crippen LogP contribution in [0.3, 0.4) is 0 Å². The number of nitrogens with one attached hydrogen (secondary N) is 2. The van der Waals surface area contributed by atoms with E-state index in [0.29, 0.717) is 11.5 Å². The normalized spacial score (nSPS) is 17.7. The molecule has 136 valence electrons. The van der Waals surface area contributed by atoms with E-state index >= 15 is 0 Å².